The van der Waals surface area contributed by atoms with Gasteiger partial charge in [0, 0.05) is 5.56 Å². The molecular weight excluding hydrogens is 268 g/mol. The van der Waals surface area contributed by atoms with Crippen LogP contribution in [0.4, 0.5) is 0 Å². The van der Waals surface area contributed by atoms with E-state index in [1.54, 1.807) is 0 Å². The first kappa shape index (κ1) is 11.4. The number of nitrogens with one attached hydrogen (secondary N) is 1. The first-order valence-corrected chi connectivity index (χ1v) is 6.15. The van der Waals surface area contributed by atoms with Crippen LogP contribution in [-0.2, 0) is 0 Å². The van der Waals surface area contributed by atoms with Crippen molar-refractivity contribution in [3.63, 3.8) is 0 Å². The average molecular weight is 277 g/mol. The fourth-order valence-corrected chi connectivity index (χ4v) is 2.18. The van der Waals surface area contributed by atoms with Crippen molar-refractivity contribution < 1.29 is 0 Å². The molecule has 4 nitrogen and oxygen atoms in total. The summed E-state index contributed by atoms with van der Waals surface area (Å²) in [7, 11) is 0. The molecule has 0 atom stereocenters. The minimum Gasteiger partial charge on any atom is -0.250 e. The number of rotatable bonds is 1. The van der Waals surface area contributed by atoms with Crippen LogP contribution in [0, 0.1) is 11.7 Å². The van der Waals surface area contributed by atoms with Crippen LogP contribution >= 0.6 is 23.8 Å². The maximum atomic E-state index is 6.19. The Kier molecular flexibility index (Phi) is 2.65. The van der Waals surface area contributed by atoms with Gasteiger partial charge >= 0.3 is 0 Å². The molecule has 2 heterocycles. The number of aromatic nitrogens is 4. The lowest BCUT2D eigenvalue weighted by atomic mass is 10.1. The van der Waals surface area contributed by atoms with Gasteiger partial charge in [-0.2, -0.15) is 14.7 Å². The van der Waals surface area contributed by atoms with Crippen LogP contribution in [0.2, 0.25) is 5.15 Å². The van der Waals surface area contributed by atoms with E-state index in [0.717, 1.165) is 11.1 Å². The number of nitrogens with zero attached hydrogens (tertiary/aromatic N) is 3. The first-order chi connectivity index (χ1) is 8.65. The van der Waals surface area contributed by atoms with Gasteiger partial charge in [0.1, 0.15) is 0 Å². The second-order valence-electron chi connectivity index (χ2n) is 4.01. The normalized spacial score (nSPS) is 11.0. The molecule has 0 saturated heterocycles. The van der Waals surface area contributed by atoms with Crippen molar-refractivity contribution in [2.24, 2.45) is 0 Å². The Bertz CT molecular complexity index is 773. The van der Waals surface area contributed by atoms with E-state index in [1.807, 2.05) is 37.3 Å². The SMILES string of the molecule is Cc1ccc(-c2cc3n[nH]c(=S)n3nc2Cl)cc1. The maximum Gasteiger partial charge on any atom is 0.216 e. The van der Waals surface area contributed by atoms with Crippen LogP contribution in [0.3, 0.4) is 0 Å². The summed E-state index contributed by atoms with van der Waals surface area (Å²) < 4.78 is 1.94. The minimum absolute atomic E-state index is 0.406. The van der Waals surface area contributed by atoms with Crippen molar-refractivity contribution >= 4 is 29.5 Å². The maximum absolute atomic E-state index is 6.19. The molecular formula is C12H9ClN4S. The third-order valence-electron chi connectivity index (χ3n) is 2.72. The summed E-state index contributed by atoms with van der Waals surface area (Å²) in [6.07, 6.45) is 0. The zero-order valence-electron chi connectivity index (χ0n) is 9.51. The van der Waals surface area contributed by atoms with Gasteiger partial charge in [0.05, 0.1) is 0 Å². The Morgan fingerprint density at radius 3 is 2.72 bits per heavy atom. The summed E-state index contributed by atoms with van der Waals surface area (Å²) in [5.41, 5.74) is 3.71. The highest BCUT2D eigenvalue weighted by atomic mass is 35.5. The quantitative estimate of drug-likeness (QED) is 0.693. The second-order valence-corrected chi connectivity index (χ2v) is 4.76. The van der Waals surface area contributed by atoms with Gasteiger partial charge in [-0.15, -0.1) is 0 Å². The molecule has 0 aliphatic heterocycles. The number of aryl methyl sites for hydroxylation is 1. The number of halogens is 1. The lowest BCUT2D eigenvalue weighted by Gasteiger charge is -2.04. The monoisotopic (exact) mass is 276 g/mol. The van der Waals surface area contributed by atoms with Crippen LogP contribution < -0.4 is 0 Å². The average Bonchev–Trinajstić information content (AvgIpc) is 2.71. The number of H-pyrrole nitrogens is 1. The van der Waals surface area contributed by atoms with Gasteiger partial charge in [-0.1, -0.05) is 41.4 Å². The van der Waals surface area contributed by atoms with Crippen LogP contribution in [0.15, 0.2) is 30.3 Å². The molecule has 0 bridgehead atoms. The van der Waals surface area contributed by atoms with Crippen molar-refractivity contribution in [3.8, 4) is 11.1 Å². The highest BCUT2D eigenvalue weighted by Crippen LogP contribution is 2.27. The number of aromatic amines is 1. The predicted octanol–water partition coefficient (Wildman–Crippen LogP) is 3.42. The van der Waals surface area contributed by atoms with Crippen molar-refractivity contribution in [3.05, 3.63) is 45.8 Å². The van der Waals surface area contributed by atoms with Crippen molar-refractivity contribution in [1.82, 2.24) is 19.8 Å². The summed E-state index contributed by atoms with van der Waals surface area (Å²) in [6.45, 7) is 2.04. The fourth-order valence-electron chi connectivity index (χ4n) is 1.76. The van der Waals surface area contributed by atoms with Crippen molar-refractivity contribution in [2.45, 2.75) is 6.92 Å². The third-order valence-corrected chi connectivity index (χ3v) is 3.26. The summed E-state index contributed by atoms with van der Waals surface area (Å²) in [6, 6.07) is 9.95. The van der Waals surface area contributed by atoms with Crippen molar-refractivity contribution in [1.29, 1.82) is 0 Å². The fraction of sp³-hybridized carbons (Fsp3) is 0.0833. The molecule has 0 radical (unpaired) electrons. The van der Waals surface area contributed by atoms with Crippen molar-refractivity contribution in [2.75, 3.05) is 0 Å². The Morgan fingerprint density at radius 1 is 1.28 bits per heavy atom. The first-order valence-electron chi connectivity index (χ1n) is 5.36. The molecule has 0 fully saturated rings. The number of fused-ring (bicyclic) bond motifs is 1. The summed E-state index contributed by atoms with van der Waals surface area (Å²) >= 11 is 11.2. The summed E-state index contributed by atoms with van der Waals surface area (Å²) in [5, 5.41) is 11.4. The molecule has 0 spiro atoms. The van der Waals surface area contributed by atoms with Gasteiger partial charge < -0.3 is 0 Å². The Balaban J connectivity index is 2.25. The number of benzene rings is 1. The van der Waals surface area contributed by atoms with Crippen LogP contribution in [0.5, 0.6) is 0 Å². The van der Waals surface area contributed by atoms with Crippen LogP contribution in [0.25, 0.3) is 16.8 Å². The van der Waals surface area contributed by atoms with Gasteiger partial charge in [0.25, 0.3) is 0 Å². The summed E-state index contributed by atoms with van der Waals surface area (Å²) in [5.74, 6) is 0. The van der Waals surface area contributed by atoms with E-state index >= 15 is 0 Å². The summed E-state index contributed by atoms with van der Waals surface area (Å²) in [4.78, 5) is 0. The molecule has 0 saturated carbocycles. The largest absolute Gasteiger partial charge is 0.250 e. The Hall–Kier alpha value is -1.72. The molecule has 0 aliphatic rings. The standard InChI is InChI=1S/C12H9ClN4S/c1-7-2-4-8(5-3-7)9-6-10-14-15-12(18)17(10)16-11(9)13/h2-6H,1H3,(H,15,18). The number of hydrogen-bond acceptors (Lipinski definition) is 3. The molecule has 6 heteroatoms. The van der Waals surface area contributed by atoms with Gasteiger partial charge in [0.2, 0.25) is 4.77 Å². The molecule has 2 aromatic heterocycles. The highest BCUT2D eigenvalue weighted by molar-refractivity contribution is 7.71. The van der Waals surface area contributed by atoms with Gasteiger partial charge in [-0.05, 0) is 30.8 Å². The molecule has 0 amide bonds. The van der Waals surface area contributed by atoms with Gasteiger partial charge in [-0.3, -0.25) is 0 Å². The minimum atomic E-state index is 0.406. The van der Waals surface area contributed by atoms with Gasteiger partial charge in [-0.25, -0.2) is 5.10 Å². The van der Waals surface area contributed by atoms with Gasteiger partial charge in [0.15, 0.2) is 10.8 Å². The second kappa shape index (κ2) is 4.19. The van der Waals surface area contributed by atoms with E-state index in [4.69, 9.17) is 23.8 Å². The molecule has 3 aromatic rings. The molecule has 0 aliphatic carbocycles. The van der Waals surface area contributed by atoms with E-state index in [2.05, 4.69) is 15.3 Å². The van der Waals surface area contributed by atoms with E-state index in [-0.39, 0.29) is 0 Å². The lowest BCUT2D eigenvalue weighted by molar-refractivity contribution is 0.911. The topological polar surface area (TPSA) is 46.0 Å². The lowest BCUT2D eigenvalue weighted by Crippen LogP contribution is -1.94. The molecule has 1 aromatic carbocycles. The Morgan fingerprint density at radius 2 is 2.00 bits per heavy atom. The zero-order valence-corrected chi connectivity index (χ0v) is 11.1. The van der Waals surface area contributed by atoms with Crippen LogP contribution in [-0.4, -0.2) is 19.8 Å². The van der Waals surface area contributed by atoms with E-state index in [1.165, 1.54) is 10.1 Å². The molecule has 18 heavy (non-hydrogen) atoms. The smallest absolute Gasteiger partial charge is 0.216 e. The van der Waals surface area contributed by atoms with Crippen LogP contribution in [0.1, 0.15) is 5.56 Å². The molecule has 3 rings (SSSR count). The molecule has 0 unspecified atom stereocenters. The number of hydrogen-bond donors (Lipinski definition) is 1. The van der Waals surface area contributed by atoms with E-state index in [0.29, 0.717) is 15.6 Å². The Labute approximate surface area is 113 Å². The zero-order chi connectivity index (χ0) is 12.7. The van der Waals surface area contributed by atoms with E-state index in [9.17, 15) is 0 Å². The predicted molar refractivity (Wildman–Crippen MR) is 73.4 cm³/mol. The third kappa shape index (κ3) is 1.81. The molecule has 1 N–H and O–H groups in total. The molecule has 90 valence electrons. The highest BCUT2D eigenvalue weighted by Gasteiger charge is 2.09. The van der Waals surface area contributed by atoms with E-state index < -0.39 is 0 Å².